The first kappa shape index (κ1) is 49.5. The molecule has 356 valence electrons. The molecule has 0 radical (unpaired) electrons. The van der Waals surface area contributed by atoms with Crippen molar-refractivity contribution in [2.75, 3.05) is 38.6 Å². The Morgan fingerprint density at radius 3 is 2.32 bits per heavy atom. The number of carbonyl (C=O) groups is 3. The van der Waals surface area contributed by atoms with Gasteiger partial charge >= 0.3 is 11.8 Å². The average Bonchev–Trinajstić information content (AvgIpc) is 3.39. The topological polar surface area (TPSA) is 220 Å². The number of Topliss-reactive ketones (excluding diaryl/α,β-unsaturated/α-hetero) is 1. The van der Waals surface area contributed by atoms with Crippen molar-refractivity contribution in [2.45, 2.75) is 98.6 Å². The first-order chi connectivity index (χ1) is 31.3. The van der Waals surface area contributed by atoms with Gasteiger partial charge in [0.15, 0.2) is 5.75 Å². The zero-order valence-electron chi connectivity index (χ0n) is 39.1. The summed E-state index contributed by atoms with van der Waals surface area (Å²) in [5.74, 6) is -8.41. The van der Waals surface area contributed by atoms with Gasteiger partial charge < -0.3 is 49.8 Å². The number of aromatic hydroxyl groups is 3. The molecular formula is C50H64N4O12. The van der Waals surface area contributed by atoms with Crippen molar-refractivity contribution >= 4 is 40.3 Å². The highest BCUT2D eigenvalue weighted by atomic mass is 16.7. The van der Waals surface area contributed by atoms with E-state index in [1.54, 1.807) is 39.8 Å². The second kappa shape index (κ2) is 20.7. The number of allylic oxidation sites excluding steroid dienone is 2. The van der Waals surface area contributed by atoms with Crippen LogP contribution in [0.2, 0.25) is 0 Å². The predicted octanol–water partition coefficient (Wildman–Crippen LogP) is 6.30. The Labute approximate surface area is 385 Å². The lowest BCUT2D eigenvalue weighted by atomic mass is 9.78. The number of hydrogen-bond donors (Lipinski definition) is 6. The lowest BCUT2D eigenvalue weighted by Gasteiger charge is -2.38. The van der Waals surface area contributed by atoms with E-state index in [-0.39, 0.29) is 44.5 Å². The van der Waals surface area contributed by atoms with Gasteiger partial charge in [-0.2, -0.15) is 5.10 Å². The minimum absolute atomic E-state index is 0.0533. The van der Waals surface area contributed by atoms with Crippen LogP contribution in [0.3, 0.4) is 0 Å². The number of benzene rings is 3. The third-order valence-electron chi connectivity index (χ3n) is 13.2. The molecule has 4 heterocycles. The number of ether oxygens (including phenoxy) is 4. The van der Waals surface area contributed by atoms with E-state index in [1.165, 1.54) is 65.0 Å². The molecule has 4 aliphatic rings. The molecule has 0 saturated carbocycles. The van der Waals surface area contributed by atoms with E-state index in [4.69, 9.17) is 24.0 Å². The van der Waals surface area contributed by atoms with Gasteiger partial charge in [-0.05, 0) is 31.9 Å². The zero-order valence-corrected chi connectivity index (χ0v) is 39.1. The number of ketones is 1. The number of fused-ring (bicyclic) bond motifs is 14. The standard InChI is InChI=1S/C50H64N4O12/c1-27-15-13-16-28(2)49(62)52-40-35(25-51-54-21-14-20-53(22-23-54)26-34-17-11-10-12-18-34)44(59)37-38(45(40)60)43(58)32(6)47-39(37)48(61)50(8,66-47)64-24-19-36(63-9)29(3)46(65-33(7)55)31(5)42(57)30(4)41(27)56/h10-13,15-19,24-25,27,29-31,36,41-42,46,56-60H,14,20-23,26H2,1-9H3,(H,52,62)/t27-,29-,30-,31-,36+,41-,42-,46-,50-/m0/s1. The van der Waals surface area contributed by atoms with E-state index in [1.807, 2.05) is 23.2 Å². The van der Waals surface area contributed by atoms with Gasteiger partial charge in [-0.25, -0.2) is 0 Å². The third kappa shape index (κ3) is 10.2. The molecule has 1 saturated heterocycles. The molecule has 0 aliphatic carbocycles. The Hall–Kier alpha value is -5.94. The number of nitrogens with zero attached hydrogens (tertiary/aromatic N) is 3. The molecule has 0 spiro atoms. The van der Waals surface area contributed by atoms with Gasteiger partial charge in [0.1, 0.15) is 23.4 Å². The fourth-order valence-corrected chi connectivity index (χ4v) is 9.08. The zero-order chi connectivity index (χ0) is 48.2. The molecule has 1 fully saturated rings. The molecule has 1 amide bonds. The van der Waals surface area contributed by atoms with Crippen LogP contribution < -0.4 is 10.1 Å². The summed E-state index contributed by atoms with van der Waals surface area (Å²) in [5.41, 5.74) is 0.823. The van der Waals surface area contributed by atoms with E-state index < -0.39 is 88.8 Å². The Balaban J connectivity index is 1.47. The summed E-state index contributed by atoms with van der Waals surface area (Å²) < 4.78 is 23.8. The number of aliphatic hydroxyl groups excluding tert-OH is 2. The molecule has 7 rings (SSSR count). The van der Waals surface area contributed by atoms with E-state index in [2.05, 4.69) is 22.3 Å². The second-order valence-corrected chi connectivity index (χ2v) is 17.9. The molecular weight excluding hydrogens is 849 g/mol. The van der Waals surface area contributed by atoms with Gasteiger partial charge in [0, 0.05) is 93.9 Å². The van der Waals surface area contributed by atoms with Crippen molar-refractivity contribution in [3.05, 3.63) is 88.7 Å². The van der Waals surface area contributed by atoms with Crippen LogP contribution in [0, 0.1) is 30.6 Å². The predicted molar refractivity (Wildman–Crippen MR) is 249 cm³/mol. The lowest BCUT2D eigenvalue weighted by molar-refractivity contribution is -0.160. The minimum atomic E-state index is -2.06. The minimum Gasteiger partial charge on any atom is -0.507 e. The highest BCUT2D eigenvalue weighted by molar-refractivity contribution is 6.23. The van der Waals surface area contributed by atoms with Crippen LogP contribution in [-0.2, 0) is 30.3 Å². The van der Waals surface area contributed by atoms with Gasteiger partial charge in [-0.15, -0.1) is 0 Å². The molecule has 16 heteroatoms. The average molecular weight is 913 g/mol. The Morgan fingerprint density at radius 1 is 0.924 bits per heavy atom. The molecule has 66 heavy (non-hydrogen) atoms. The highest BCUT2D eigenvalue weighted by Gasteiger charge is 2.50. The van der Waals surface area contributed by atoms with Crippen LogP contribution >= 0.6 is 0 Å². The number of methoxy groups -OCH3 is 1. The van der Waals surface area contributed by atoms with Crippen LogP contribution in [0.15, 0.2) is 71.6 Å². The van der Waals surface area contributed by atoms with E-state index in [0.717, 1.165) is 19.5 Å². The number of amides is 1. The maximum Gasteiger partial charge on any atom is 0.312 e. The van der Waals surface area contributed by atoms with Crippen molar-refractivity contribution in [1.82, 2.24) is 9.91 Å². The summed E-state index contributed by atoms with van der Waals surface area (Å²) in [5, 5.41) is 67.8. The van der Waals surface area contributed by atoms with Gasteiger partial charge in [0.25, 0.3) is 11.7 Å². The van der Waals surface area contributed by atoms with Crippen LogP contribution in [-0.4, -0.2) is 123 Å². The SMILES string of the molecule is CO[C@@H]1C=CO[C@@]2(C)Oc3c(C)c(O)c4c(O)c(c(C=NN5CCCN(Cc6ccccc6)CC5)c(O)c4c3C2=O)NC(=O)C(C)=CC=C[C@H](C)[C@H](O)[C@H](C)[C@H](O)[C@H](C)[C@@H](OC(C)=O)[C@H]1C. The van der Waals surface area contributed by atoms with Gasteiger partial charge in [-0.1, -0.05) is 76.3 Å². The van der Waals surface area contributed by atoms with E-state index >= 15 is 0 Å². The molecule has 6 N–H and O–H groups in total. The first-order valence-corrected chi connectivity index (χ1v) is 22.4. The molecule has 4 aliphatic heterocycles. The van der Waals surface area contributed by atoms with Crippen LogP contribution in [0.4, 0.5) is 5.69 Å². The van der Waals surface area contributed by atoms with Crippen LogP contribution in [0.1, 0.15) is 81.9 Å². The number of hydrogen-bond acceptors (Lipinski definition) is 15. The normalized spacial score (nSPS) is 28.3. The maximum atomic E-state index is 14.6. The number of esters is 1. The van der Waals surface area contributed by atoms with Gasteiger partial charge in [0.2, 0.25) is 0 Å². The van der Waals surface area contributed by atoms with Crippen molar-refractivity contribution in [3.63, 3.8) is 0 Å². The quantitative estimate of drug-likeness (QED) is 0.0693. The Kier molecular flexibility index (Phi) is 15.5. The number of hydrazone groups is 1. The van der Waals surface area contributed by atoms with Crippen LogP contribution in [0.5, 0.6) is 23.0 Å². The highest BCUT2D eigenvalue weighted by Crippen LogP contribution is 2.55. The Morgan fingerprint density at radius 2 is 1.64 bits per heavy atom. The molecule has 0 aromatic heterocycles. The number of phenols is 3. The van der Waals surface area contributed by atoms with Crippen molar-refractivity contribution in [1.29, 1.82) is 0 Å². The lowest BCUT2D eigenvalue weighted by Crippen LogP contribution is -2.46. The maximum absolute atomic E-state index is 14.6. The van der Waals surface area contributed by atoms with Gasteiger partial charge in [-0.3, -0.25) is 24.3 Å². The largest absolute Gasteiger partial charge is 0.507 e. The summed E-state index contributed by atoms with van der Waals surface area (Å²) in [6, 6.07) is 10.1. The fraction of sp³-hybridized carbons (Fsp3) is 0.480. The van der Waals surface area contributed by atoms with E-state index in [0.29, 0.717) is 19.6 Å². The van der Waals surface area contributed by atoms with Crippen LogP contribution in [0.25, 0.3) is 10.8 Å². The Bertz CT molecular complexity index is 2420. The molecule has 3 aromatic carbocycles. The summed E-state index contributed by atoms with van der Waals surface area (Å²) >= 11 is 0. The number of nitrogens with one attached hydrogen (secondary N) is 1. The fourth-order valence-electron chi connectivity index (χ4n) is 9.08. The third-order valence-corrected chi connectivity index (χ3v) is 13.2. The van der Waals surface area contributed by atoms with Crippen molar-refractivity contribution < 1.29 is 58.9 Å². The molecule has 0 unspecified atom stereocenters. The summed E-state index contributed by atoms with van der Waals surface area (Å²) in [7, 11) is 1.44. The monoisotopic (exact) mass is 912 g/mol. The molecule has 9 atom stereocenters. The molecule has 16 nitrogen and oxygen atoms in total. The summed E-state index contributed by atoms with van der Waals surface area (Å²) in [6.07, 6.45) is 5.67. The molecule has 5 bridgehead atoms. The number of rotatable bonds is 6. The van der Waals surface area contributed by atoms with Crippen molar-refractivity contribution in [3.8, 4) is 23.0 Å². The number of phenolic OH excluding ortho intramolecular Hbond substituents is 3. The summed E-state index contributed by atoms with van der Waals surface area (Å²) in [4.78, 5) is 43.2. The summed E-state index contributed by atoms with van der Waals surface area (Å²) in [6.45, 7) is 15.9. The number of carbonyl (C=O) groups excluding carboxylic acids is 3. The number of anilines is 1. The van der Waals surface area contributed by atoms with Gasteiger partial charge in [0.05, 0.1) is 53.0 Å². The first-order valence-electron chi connectivity index (χ1n) is 22.4. The molecule has 3 aromatic rings. The van der Waals surface area contributed by atoms with E-state index in [9.17, 15) is 39.9 Å². The van der Waals surface area contributed by atoms with Crippen molar-refractivity contribution in [2.24, 2.45) is 28.8 Å². The smallest absolute Gasteiger partial charge is 0.312 e. The number of aliphatic hydroxyl groups is 2. The second-order valence-electron chi connectivity index (χ2n) is 17.9.